The third kappa shape index (κ3) is 3.50. The van der Waals surface area contributed by atoms with Crippen molar-refractivity contribution in [2.24, 2.45) is 0 Å². The fraction of sp³-hybridized carbons (Fsp3) is 0.250. The maximum absolute atomic E-state index is 12.5. The predicted octanol–water partition coefficient (Wildman–Crippen LogP) is 3.52. The van der Waals surface area contributed by atoms with E-state index < -0.39 is 18.7 Å². The molecule has 3 rings (SSSR count). The molecule has 0 aliphatic carbocycles. The Balaban J connectivity index is 1.98. The number of halogens is 3. The van der Waals surface area contributed by atoms with E-state index in [-0.39, 0.29) is 5.56 Å². The van der Waals surface area contributed by atoms with E-state index >= 15 is 0 Å². The molecule has 0 atom stereocenters. The Morgan fingerprint density at radius 3 is 2.30 bits per heavy atom. The normalized spacial score (nSPS) is 13.7. The van der Waals surface area contributed by atoms with Crippen LogP contribution >= 0.6 is 0 Å². The molecule has 122 valence electrons. The first-order valence-corrected chi connectivity index (χ1v) is 6.86. The summed E-state index contributed by atoms with van der Waals surface area (Å²) in [7, 11) is 0. The molecular weight excluding hydrogens is 313 g/mol. The van der Waals surface area contributed by atoms with E-state index in [0.717, 1.165) is 0 Å². The second kappa shape index (κ2) is 6.00. The highest BCUT2D eigenvalue weighted by atomic mass is 19.4. The molecule has 0 saturated heterocycles. The summed E-state index contributed by atoms with van der Waals surface area (Å²) in [5.41, 5.74) is 1.23. The molecule has 0 radical (unpaired) electrons. The van der Waals surface area contributed by atoms with Crippen LogP contribution in [0.4, 0.5) is 13.2 Å². The number of fused-ring (bicyclic) bond motifs is 1. The van der Waals surface area contributed by atoms with E-state index in [1.165, 1.54) is 12.1 Å². The van der Waals surface area contributed by atoms with Crippen LogP contribution < -0.4 is 14.2 Å². The first-order chi connectivity index (χ1) is 11.0. The minimum Gasteiger partial charge on any atom is -0.486 e. The van der Waals surface area contributed by atoms with Gasteiger partial charge in [0.2, 0.25) is 0 Å². The van der Waals surface area contributed by atoms with E-state index in [2.05, 4.69) is 4.74 Å². The molecule has 23 heavy (non-hydrogen) atoms. The summed E-state index contributed by atoms with van der Waals surface area (Å²) in [4.78, 5) is 0. The standard InChI is InChI=1S/C16H13F3O4/c17-16(18,19)23-14-7-10(1-2-12(14)9-20)11-3-4-13-15(8-11)22-6-5-21-13/h1-4,7-8,20H,5-6,9H2. The molecule has 0 amide bonds. The van der Waals surface area contributed by atoms with Gasteiger partial charge in [-0.05, 0) is 29.3 Å². The molecule has 2 aromatic carbocycles. The summed E-state index contributed by atoms with van der Waals surface area (Å²) < 4.78 is 52.3. The fourth-order valence-corrected chi connectivity index (χ4v) is 2.31. The molecule has 1 aliphatic rings. The Hall–Kier alpha value is -2.41. The van der Waals surface area contributed by atoms with Crippen molar-refractivity contribution in [1.29, 1.82) is 0 Å². The monoisotopic (exact) mass is 326 g/mol. The lowest BCUT2D eigenvalue weighted by molar-refractivity contribution is -0.275. The molecule has 0 spiro atoms. The molecule has 7 heteroatoms. The number of alkyl halides is 3. The maximum Gasteiger partial charge on any atom is 0.573 e. The summed E-state index contributed by atoms with van der Waals surface area (Å²) in [5, 5.41) is 9.15. The second-order valence-corrected chi connectivity index (χ2v) is 4.89. The van der Waals surface area contributed by atoms with Gasteiger partial charge in [0.25, 0.3) is 0 Å². The molecule has 0 bridgehead atoms. The highest BCUT2D eigenvalue weighted by Crippen LogP contribution is 2.37. The zero-order chi connectivity index (χ0) is 16.4. The molecule has 2 aromatic rings. The van der Waals surface area contributed by atoms with E-state index in [0.29, 0.717) is 35.8 Å². The Labute approximate surface area is 130 Å². The van der Waals surface area contributed by atoms with Crippen molar-refractivity contribution in [3.63, 3.8) is 0 Å². The summed E-state index contributed by atoms with van der Waals surface area (Å²) in [5.74, 6) is 0.712. The molecule has 0 unspecified atom stereocenters. The molecule has 1 aliphatic heterocycles. The highest BCUT2D eigenvalue weighted by Gasteiger charge is 2.32. The third-order valence-corrected chi connectivity index (χ3v) is 3.34. The van der Waals surface area contributed by atoms with Gasteiger partial charge >= 0.3 is 6.36 Å². The average molecular weight is 326 g/mol. The van der Waals surface area contributed by atoms with Crippen molar-refractivity contribution in [1.82, 2.24) is 0 Å². The Bertz CT molecular complexity index is 713. The lowest BCUT2D eigenvalue weighted by Gasteiger charge is -2.19. The predicted molar refractivity (Wildman–Crippen MR) is 75.5 cm³/mol. The van der Waals surface area contributed by atoms with Gasteiger partial charge in [-0.15, -0.1) is 13.2 Å². The number of hydrogen-bond acceptors (Lipinski definition) is 4. The van der Waals surface area contributed by atoms with Crippen molar-refractivity contribution in [3.8, 4) is 28.4 Å². The minimum absolute atomic E-state index is 0.0589. The lowest BCUT2D eigenvalue weighted by atomic mass is 10.0. The zero-order valence-electron chi connectivity index (χ0n) is 11.9. The van der Waals surface area contributed by atoms with Crippen LogP contribution in [-0.4, -0.2) is 24.7 Å². The van der Waals surface area contributed by atoms with Crippen LogP contribution in [0.15, 0.2) is 36.4 Å². The van der Waals surface area contributed by atoms with Crippen LogP contribution in [-0.2, 0) is 6.61 Å². The third-order valence-electron chi connectivity index (χ3n) is 3.34. The van der Waals surface area contributed by atoms with E-state index in [4.69, 9.17) is 14.6 Å². The topological polar surface area (TPSA) is 47.9 Å². The zero-order valence-corrected chi connectivity index (χ0v) is 11.9. The van der Waals surface area contributed by atoms with Crippen molar-refractivity contribution < 1.29 is 32.5 Å². The summed E-state index contributed by atoms with van der Waals surface area (Å²) in [6.45, 7) is 0.330. The van der Waals surface area contributed by atoms with Gasteiger partial charge in [-0.1, -0.05) is 18.2 Å². The number of rotatable bonds is 3. The van der Waals surface area contributed by atoms with Gasteiger partial charge in [-0.25, -0.2) is 0 Å². The second-order valence-electron chi connectivity index (χ2n) is 4.89. The molecule has 1 heterocycles. The highest BCUT2D eigenvalue weighted by molar-refractivity contribution is 5.69. The van der Waals surface area contributed by atoms with Crippen LogP contribution in [0, 0.1) is 0 Å². The SMILES string of the molecule is OCc1ccc(-c2ccc3c(c2)OCCO3)cc1OC(F)(F)F. The van der Waals surface area contributed by atoms with Crippen LogP contribution in [0.5, 0.6) is 17.2 Å². The quantitative estimate of drug-likeness (QED) is 0.938. The van der Waals surface area contributed by atoms with Gasteiger partial charge in [-0.3, -0.25) is 0 Å². The number of aliphatic hydroxyl groups excluding tert-OH is 1. The average Bonchev–Trinajstić information content (AvgIpc) is 2.53. The van der Waals surface area contributed by atoms with Crippen LogP contribution in [0.25, 0.3) is 11.1 Å². The van der Waals surface area contributed by atoms with Gasteiger partial charge in [-0.2, -0.15) is 0 Å². The lowest BCUT2D eigenvalue weighted by Crippen LogP contribution is -2.18. The van der Waals surface area contributed by atoms with Gasteiger partial charge in [0.15, 0.2) is 11.5 Å². The summed E-state index contributed by atoms with van der Waals surface area (Å²) >= 11 is 0. The van der Waals surface area contributed by atoms with Crippen molar-refractivity contribution in [2.75, 3.05) is 13.2 Å². The fourth-order valence-electron chi connectivity index (χ4n) is 2.31. The number of aliphatic hydroxyl groups is 1. The number of benzene rings is 2. The first kappa shape index (κ1) is 15.5. The van der Waals surface area contributed by atoms with E-state index in [1.54, 1.807) is 24.3 Å². The number of hydrogen-bond donors (Lipinski definition) is 1. The Morgan fingerprint density at radius 2 is 1.61 bits per heavy atom. The first-order valence-electron chi connectivity index (χ1n) is 6.86. The van der Waals surface area contributed by atoms with E-state index in [1.807, 2.05) is 0 Å². The minimum atomic E-state index is -4.82. The van der Waals surface area contributed by atoms with E-state index in [9.17, 15) is 13.2 Å². The van der Waals surface area contributed by atoms with Gasteiger partial charge in [0.05, 0.1) is 6.61 Å². The van der Waals surface area contributed by atoms with Gasteiger partial charge in [0.1, 0.15) is 19.0 Å². The van der Waals surface area contributed by atoms with Crippen molar-refractivity contribution in [3.05, 3.63) is 42.0 Å². The summed E-state index contributed by atoms with van der Waals surface area (Å²) in [6.07, 6.45) is -4.82. The molecule has 0 aromatic heterocycles. The van der Waals surface area contributed by atoms with Gasteiger partial charge < -0.3 is 19.3 Å². The van der Waals surface area contributed by atoms with Gasteiger partial charge in [0, 0.05) is 5.56 Å². The van der Waals surface area contributed by atoms with Crippen LogP contribution in [0.3, 0.4) is 0 Å². The molecule has 4 nitrogen and oxygen atoms in total. The maximum atomic E-state index is 12.5. The van der Waals surface area contributed by atoms with Crippen LogP contribution in [0.1, 0.15) is 5.56 Å². The Kier molecular flexibility index (Phi) is 4.04. The molecular formula is C16H13F3O4. The molecule has 0 fully saturated rings. The van der Waals surface area contributed by atoms with Crippen molar-refractivity contribution in [2.45, 2.75) is 13.0 Å². The Morgan fingerprint density at radius 1 is 0.957 bits per heavy atom. The van der Waals surface area contributed by atoms with Crippen molar-refractivity contribution >= 4 is 0 Å². The summed E-state index contributed by atoms with van der Waals surface area (Å²) in [6, 6.07) is 9.37. The number of ether oxygens (including phenoxy) is 3. The molecule has 0 saturated carbocycles. The van der Waals surface area contributed by atoms with Crippen LogP contribution in [0.2, 0.25) is 0 Å². The smallest absolute Gasteiger partial charge is 0.486 e. The largest absolute Gasteiger partial charge is 0.573 e. The molecule has 1 N–H and O–H groups in total.